The summed E-state index contributed by atoms with van der Waals surface area (Å²) in [5.74, 6) is 0.137. The van der Waals surface area contributed by atoms with Crippen molar-refractivity contribution in [3.8, 4) is 0 Å². The minimum atomic E-state index is 0.137. The Morgan fingerprint density at radius 3 is 2.78 bits per heavy atom. The van der Waals surface area contributed by atoms with Gasteiger partial charge in [0.1, 0.15) is 0 Å². The maximum atomic E-state index is 11.8. The van der Waals surface area contributed by atoms with Crippen LogP contribution in [0.4, 0.5) is 5.69 Å². The third-order valence-electron chi connectivity index (χ3n) is 3.09. The molecule has 1 rings (SSSR count). The summed E-state index contributed by atoms with van der Waals surface area (Å²) in [6.07, 6.45) is 4.44. The highest BCUT2D eigenvalue weighted by molar-refractivity contribution is 5.76. The molecule has 18 heavy (non-hydrogen) atoms. The zero-order valence-electron chi connectivity index (χ0n) is 11.4. The van der Waals surface area contributed by atoms with Crippen molar-refractivity contribution in [2.24, 2.45) is 0 Å². The molecular formula is C15H24N2O. The summed E-state index contributed by atoms with van der Waals surface area (Å²) in [5.41, 5.74) is 7.58. The van der Waals surface area contributed by atoms with Gasteiger partial charge in [0.25, 0.3) is 0 Å². The molecule has 1 unspecified atom stereocenters. The molecule has 0 heterocycles. The van der Waals surface area contributed by atoms with Crippen molar-refractivity contribution >= 4 is 11.6 Å². The Morgan fingerprint density at radius 1 is 1.39 bits per heavy atom. The molecule has 3 N–H and O–H groups in total. The van der Waals surface area contributed by atoms with Gasteiger partial charge in [-0.1, -0.05) is 32.4 Å². The monoisotopic (exact) mass is 248 g/mol. The van der Waals surface area contributed by atoms with E-state index < -0.39 is 0 Å². The molecule has 3 nitrogen and oxygen atoms in total. The first-order valence-electron chi connectivity index (χ1n) is 6.79. The Bertz CT molecular complexity index is 377. The van der Waals surface area contributed by atoms with Crippen molar-refractivity contribution in [3.05, 3.63) is 29.8 Å². The zero-order valence-corrected chi connectivity index (χ0v) is 11.4. The van der Waals surface area contributed by atoms with Gasteiger partial charge in [-0.05, 0) is 37.0 Å². The summed E-state index contributed by atoms with van der Waals surface area (Å²) in [6.45, 7) is 4.25. The van der Waals surface area contributed by atoms with Gasteiger partial charge in [0.15, 0.2) is 0 Å². The van der Waals surface area contributed by atoms with E-state index in [0.717, 1.165) is 36.9 Å². The van der Waals surface area contributed by atoms with E-state index in [0.29, 0.717) is 12.5 Å². The van der Waals surface area contributed by atoms with Gasteiger partial charge in [-0.2, -0.15) is 0 Å². The number of carbonyl (C=O) groups is 1. The van der Waals surface area contributed by atoms with E-state index in [1.54, 1.807) is 0 Å². The van der Waals surface area contributed by atoms with Crippen LogP contribution in [0, 0.1) is 0 Å². The van der Waals surface area contributed by atoms with Gasteiger partial charge >= 0.3 is 0 Å². The first-order chi connectivity index (χ1) is 8.65. The van der Waals surface area contributed by atoms with Crippen LogP contribution in [0.25, 0.3) is 0 Å². The van der Waals surface area contributed by atoms with E-state index >= 15 is 0 Å². The second-order valence-corrected chi connectivity index (χ2v) is 4.71. The summed E-state index contributed by atoms with van der Waals surface area (Å²) >= 11 is 0. The average Bonchev–Trinajstić information content (AvgIpc) is 2.36. The van der Waals surface area contributed by atoms with Crippen LogP contribution in [0.5, 0.6) is 0 Å². The van der Waals surface area contributed by atoms with Gasteiger partial charge in [0.2, 0.25) is 5.91 Å². The lowest BCUT2D eigenvalue weighted by Crippen LogP contribution is -2.34. The Labute approximate surface area is 110 Å². The van der Waals surface area contributed by atoms with Crippen LogP contribution < -0.4 is 11.1 Å². The maximum absolute atomic E-state index is 11.8. The van der Waals surface area contributed by atoms with Crippen molar-refractivity contribution in [2.45, 2.75) is 52.0 Å². The topological polar surface area (TPSA) is 55.1 Å². The molecular weight excluding hydrogens is 224 g/mol. The Balaban J connectivity index is 2.36. The molecule has 1 aromatic rings. The van der Waals surface area contributed by atoms with Gasteiger partial charge < -0.3 is 11.1 Å². The number of amides is 1. The molecule has 3 heteroatoms. The number of nitrogen functional groups attached to an aromatic ring is 1. The van der Waals surface area contributed by atoms with Gasteiger partial charge in [0, 0.05) is 18.2 Å². The molecule has 1 aromatic carbocycles. The highest BCUT2D eigenvalue weighted by Gasteiger charge is 2.09. The number of carbonyl (C=O) groups excluding carboxylic acids is 1. The van der Waals surface area contributed by atoms with E-state index in [1.807, 2.05) is 24.3 Å². The number of hydrogen-bond donors (Lipinski definition) is 2. The van der Waals surface area contributed by atoms with Gasteiger partial charge in [-0.25, -0.2) is 0 Å². The van der Waals surface area contributed by atoms with Crippen LogP contribution in [-0.2, 0) is 11.2 Å². The first-order valence-corrected chi connectivity index (χ1v) is 6.79. The number of anilines is 1. The normalized spacial score (nSPS) is 12.1. The first kappa shape index (κ1) is 14.6. The van der Waals surface area contributed by atoms with E-state index in [1.165, 1.54) is 0 Å². The van der Waals surface area contributed by atoms with Crippen LogP contribution in [0.1, 0.15) is 45.1 Å². The number of nitrogens with one attached hydrogen (secondary N) is 1. The molecule has 0 saturated carbocycles. The summed E-state index contributed by atoms with van der Waals surface area (Å²) in [5, 5.41) is 3.08. The molecule has 0 radical (unpaired) electrons. The quantitative estimate of drug-likeness (QED) is 0.729. The van der Waals surface area contributed by atoms with E-state index in [9.17, 15) is 4.79 Å². The predicted molar refractivity (Wildman–Crippen MR) is 76.3 cm³/mol. The minimum absolute atomic E-state index is 0.137. The molecule has 0 spiro atoms. The lowest BCUT2D eigenvalue weighted by Gasteiger charge is -2.15. The second kappa shape index (κ2) is 7.75. The fourth-order valence-corrected chi connectivity index (χ4v) is 2.03. The lowest BCUT2D eigenvalue weighted by atomic mass is 10.1. The molecule has 0 aliphatic rings. The Hall–Kier alpha value is -1.51. The van der Waals surface area contributed by atoms with Crippen LogP contribution in [0.2, 0.25) is 0 Å². The SMILES string of the molecule is CCCC(CC)NC(=O)CCc1cccc(N)c1. The van der Waals surface area contributed by atoms with Gasteiger partial charge in [-0.15, -0.1) is 0 Å². The summed E-state index contributed by atoms with van der Waals surface area (Å²) < 4.78 is 0. The number of rotatable bonds is 7. The molecule has 0 aliphatic heterocycles. The van der Waals surface area contributed by atoms with E-state index in [2.05, 4.69) is 19.2 Å². The molecule has 1 amide bonds. The molecule has 0 bridgehead atoms. The van der Waals surface area contributed by atoms with Crippen LogP contribution in [0.3, 0.4) is 0 Å². The zero-order chi connectivity index (χ0) is 13.4. The van der Waals surface area contributed by atoms with Crippen molar-refractivity contribution in [3.63, 3.8) is 0 Å². The smallest absolute Gasteiger partial charge is 0.220 e. The fourth-order valence-electron chi connectivity index (χ4n) is 2.03. The van der Waals surface area contributed by atoms with E-state index in [4.69, 9.17) is 5.73 Å². The number of benzene rings is 1. The van der Waals surface area contributed by atoms with Gasteiger partial charge in [-0.3, -0.25) is 4.79 Å². The summed E-state index contributed by atoms with van der Waals surface area (Å²) in [6, 6.07) is 8.04. The summed E-state index contributed by atoms with van der Waals surface area (Å²) in [7, 11) is 0. The van der Waals surface area contributed by atoms with Crippen molar-refractivity contribution in [2.75, 3.05) is 5.73 Å². The lowest BCUT2D eigenvalue weighted by molar-refractivity contribution is -0.121. The van der Waals surface area contributed by atoms with Crippen LogP contribution in [0.15, 0.2) is 24.3 Å². The number of hydrogen-bond acceptors (Lipinski definition) is 2. The van der Waals surface area contributed by atoms with E-state index in [-0.39, 0.29) is 5.91 Å². The largest absolute Gasteiger partial charge is 0.399 e. The number of aryl methyl sites for hydroxylation is 1. The molecule has 0 aliphatic carbocycles. The molecule has 100 valence electrons. The highest BCUT2D eigenvalue weighted by atomic mass is 16.1. The Morgan fingerprint density at radius 2 is 2.17 bits per heavy atom. The molecule has 0 fully saturated rings. The van der Waals surface area contributed by atoms with Crippen LogP contribution >= 0.6 is 0 Å². The molecule has 0 aromatic heterocycles. The second-order valence-electron chi connectivity index (χ2n) is 4.71. The minimum Gasteiger partial charge on any atom is -0.399 e. The summed E-state index contributed by atoms with van der Waals surface area (Å²) in [4.78, 5) is 11.8. The van der Waals surface area contributed by atoms with Crippen LogP contribution in [-0.4, -0.2) is 11.9 Å². The third kappa shape index (κ3) is 5.21. The van der Waals surface area contributed by atoms with Gasteiger partial charge in [0.05, 0.1) is 0 Å². The molecule has 1 atom stereocenters. The maximum Gasteiger partial charge on any atom is 0.220 e. The third-order valence-corrected chi connectivity index (χ3v) is 3.09. The predicted octanol–water partition coefficient (Wildman–Crippen LogP) is 2.90. The van der Waals surface area contributed by atoms with Crippen molar-refractivity contribution < 1.29 is 4.79 Å². The number of nitrogens with two attached hydrogens (primary N) is 1. The standard InChI is InChI=1S/C15H24N2O/c1-3-6-14(4-2)17-15(18)10-9-12-7-5-8-13(16)11-12/h5,7-8,11,14H,3-4,6,9-10,16H2,1-2H3,(H,17,18). The van der Waals surface area contributed by atoms with Crippen molar-refractivity contribution in [1.29, 1.82) is 0 Å². The highest BCUT2D eigenvalue weighted by Crippen LogP contribution is 2.09. The average molecular weight is 248 g/mol. The van der Waals surface area contributed by atoms with Crippen molar-refractivity contribution in [1.82, 2.24) is 5.32 Å². The Kier molecular flexibility index (Phi) is 6.26. The fraction of sp³-hybridized carbons (Fsp3) is 0.533. The molecule has 0 saturated heterocycles.